The molecule has 0 spiro atoms. The highest BCUT2D eigenvalue weighted by Crippen LogP contribution is 2.46. The van der Waals surface area contributed by atoms with E-state index in [-0.39, 0.29) is 30.0 Å². The molecule has 0 saturated carbocycles. The third-order valence-corrected chi connectivity index (χ3v) is 26.6. The van der Waals surface area contributed by atoms with Gasteiger partial charge in [0.25, 0.3) is 0 Å². The molecule has 24 aromatic rings. The number of rotatable bonds is 22. The largest absolute Gasteiger partial charge is 0.447 e. The zero-order valence-electron chi connectivity index (χ0n) is 82.3. The average molecular weight is 1940 g/mol. The lowest BCUT2D eigenvalue weighted by atomic mass is 9.64. The highest BCUT2D eigenvalue weighted by atomic mass is 16.6. The SMILES string of the molecule is CB(O)c1ccc(-c2cn([C@@H](c3ccccc3)c3ccccn3)c3cc(-c4c(C)noc4C)cnc23)cc1.Cc1noc(C)c1-c1cnc2c(-c3ccc(C#N)nc3)cn([C@@H](c3ccccc3)c3ccccn3)c2c1.Cc1noc(C)c1-c1cnc2c(-c3ccc([N+](=O)[O-])nc3)cn([C@@H](c3ccccc3)c3ccccn3)c2c1.Cc1noc(C)c1-c1cnc2c(-c3cnn(C)c3)cn([C@@H](c3ccccc3)c3ccccn3)c2c1. The van der Waals surface area contributed by atoms with E-state index in [0.717, 1.165) is 224 Å². The van der Waals surface area contributed by atoms with Crippen LogP contribution in [0, 0.1) is 76.8 Å². The number of nitro groups is 1. The molecule has 30 heteroatoms. The molecule has 0 unspecified atom stereocenters. The van der Waals surface area contributed by atoms with Crippen molar-refractivity contribution in [3.63, 3.8) is 0 Å². The van der Waals surface area contributed by atoms with Gasteiger partial charge in [-0.05, 0) is 190 Å². The highest BCUT2D eigenvalue weighted by molar-refractivity contribution is 6.64. The van der Waals surface area contributed by atoms with Gasteiger partial charge in [-0.15, -0.1) is 0 Å². The van der Waals surface area contributed by atoms with Crippen LogP contribution in [0.4, 0.5) is 5.82 Å². The Morgan fingerprint density at radius 3 is 0.872 bits per heavy atom. The van der Waals surface area contributed by atoms with E-state index in [2.05, 4.69) is 188 Å². The van der Waals surface area contributed by atoms with E-state index in [9.17, 15) is 20.4 Å². The third-order valence-electron chi connectivity index (χ3n) is 26.6. The van der Waals surface area contributed by atoms with Crippen molar-refractivity contribution >= 4 is 62.3 Å². The summed E-state index contributed by atoms with van der Waals surface area (Å²) in [5, 5.41) is 51.4. The Bertz CT molecular complexity index is 8680. The number of hydrogen-bond donors (Lipinski definition) is 1. The van der Waals surface area contributed by atoms with Gasteiger partial charge >= 0.3 is 12.7 Å². The molecule has 0 amide bonds. The maximum absolute atomic E-state index is 11.2. The fourth-order valence-corrected chi connectivity index (χ4v) is 19.7. The Balaban J connectivity index is 0.000000116. The lowest BCUT2D eigenvalue weighted by molar-refractivity contribution is -0.389. The molecule has 19 heterocycles. The number of benzene rings is 5. The molecular formula is C118H95BN22O7. The smallest absolute Gasteiger partial charge is 0.363 e. The summed E-state index contributed by atoms with van der Waals surface area (Å²) in [6.07, 6.45) is 30.3. The molecule has 5 aromatic carbocycles. The number of nitriles is 1. The Hall–Kier alpha value is -19.3. The summed E-state index contributed by atoms with van der Waals surface area (Å²) < 4.78 is 32.5. The van der Waals surface area contributed by atoms with Crippen molar-refractivity contribution in [1.82, 2.24) is 98.5 Å². The molecule has 0 fully saturated rings. The molecule has 29 nitrogen and oxygen atoms in total. The first-order valence-corrected chi connectivity index (χ1v) is 48.1. The zero-order chi connectivity index (χ0) is 102. The molecule has 1 N–H and O–H groups in total. The fraction of sp³-hybridized carbons (Fsp3) is 0.119. The van der Waals surface area contributed by atoms with Crippen LogP contribution in [0.25, 0.3) is 133 Å². The van der Waals surface area contributed by atoms with Gasteiger partial charge in [0.15, 0.2) is 0 Å². The van der Waals surface area contributed by atoms with Crippen molar-refractivity contribution in [2.45, 2.75) is 86.4 Å². The van der Waals surface area contributed by atoms with Gasteiger partial charge in [-0.1, -0.05) is 197 Å². The van der Waals surface area contributed by atoms with Gasteiger partial charge in [0.05, 0.1) is 95.9 Å². The summed E-state index contributed by atoms with van der Waals surface area (Å²) in [6, 6.07) is 89.9. The number of aryl methyl sites for hydroxylation is 9. The van der Waals surface area contributed by atoms with E-state index in [1.807, 2.05) is 262 Å². The van der Waals surface area contributed by atoms with Crippen molar-refractivity contribution in [3.8, 4) is 95.1 Å². The molecule has 722 valence electrons. The third kappa shape index (κ3) is 18.9. The van der Waals surface area contributed by atoms with E-state index in [0.29, 0.717) is 11.5 Å². The zero-order valence-corrected chi connectivity index (χ0v) is 82.3. The second-order valence-corrected chi connectivity index (χ2v) is 36.1. The van der Waals surface area contributed by atoms with Crippen LogP contribution in [0.15, 0.2) is 384 Å². The highest BCUT2D eigenvalue weighted by Gasteiger charge is 2.32. The van der Waals surface area contributed by atoms with Gasteiger partial charge in [0.2, 0.25) is 0 Å². The van der Waals surface area contributed by atoms with Crippen molar-refractivity contribution in [2.75, 3.05) is 0 Å². The first-order valence-electron chi connectivity index (χ1n) is 48.1. The fourth-order valence-electron chi connectivity index (χ4n) is 19.7. The molecule has 19 aromatic heterocycles. The normalized spacial score (nSPS) is 12.1. The van der Waals surface area contributed by atoms with Crippen LogP contribution in [0.2, 0.25) is 6.82 Å². The minimum atomic E-state index is -0.521. The van der Waals surface area contributed by atoms with Crippen LogP contribution in [0.5, 0.6) is 0 Å². The second kappa shape index (κ2) is 41.3. The van der Waals surface area contributed by atoms with Crippen LogP contribution in [-0.4, -0.2) is 115 Å². The summed E-state index contributed by atoms with van der Waals surface area (Å²) in [7, 11) is 1.92. The molecule has 0 aliphatic carbocycles. The standard InChI is InChI=1S/C31H27BN4O2.C30H22N6O.C29H22N6O3.C28H24N6O/c1-20-29(21(2)38-35-20)24-17-28-30(34-18-24)26(22-12-14-25(15-13-22)32(3)37)19-36(28)31(23-9-5-4-6-10-23)27-11-7-8-16-33-27;1-19-28(20(2)37-35-19)23-14-27-29(34-17-23)25(22-11-12-24(15-31)33-16-22)18-36(27)30(21-8-4-3-5-9-21)26-10-6-7-13-32-26;1-18-27(19(2)38-33-18)22-14-25-28(32-16-22)23(21-11-12-26(31-15-21)35(36)37)17-34(25)29(20-8-4-3-5-9-20)24-10-6-7-13-30-24;1-18-26(19(2)35-32-18)21-13-25-27(30-14-21)23(22-15-31-33(3)16-22)17-34(25)28(20-9-5-4-6-10-20)24-11-7-8-12-29-24/h4-19,31,37H,1-3H3;3-14,16-18,30H,1-2H3;3-17,29H,1-2H3;4-17,28H,1-3H3/t31-;30-;29-;28-/m0000/s1. The van der Waals surface area contributed by atoms with Gasteiger partial charge in [-0.2, -0.15) is 10.4 Å². The predicted octanol–water partition coefficient (Wildman–Crippen LogP) is 24.2. The number of pyridine rings is 10. The molecule has 0 bridgehead atoms. The molecule has 148 heavy (non-hydrogen) atoms. The molecule has 0 aliphatic rings. The minimum absolute atomic E-state index is 0.132. The Kier molecular flexibility index (Phi) is 26.5. The van der Waals surface area contributed by atoms with E-state index < -0.39 is 11.8 Å². The Labute approximate surface area is 850 Å². The van der Waals surface area contributed by atoms with Gasteiger partial charge in [0.1, 0.15) is 65.2 Å². The Morgan fingerprint density at radius 1 is 0.331 bits per heavy atom. The van der Waals surface area contributed by atoms with Crippen molar-refractivity contribution < 1.29 is 28.0 Å². The van der Waals surface area contributed by atoms with E-state index >= 15 is 0 Å². The summed E-state index contributed by atoms with van der Waals surface area (Å²) in [4.78, 5) is 57.7. The van der Waals surface area contributed by atoms with Crippen LogP contribution < -0.4 is 5.46 Å². The summed E-state index contributed by atoms with van der Waals surface area (Å²) in [5.41, 5.74) is 34.8. The summed E-state index contributed by atoms with van der Waals surface area (Å²) in [6.45, 7) is 16.6. The van der Waals surface area contributed by atoms with Crippen LogP contribution in [-0.2, 0) is 7.05 Å². The maximum atomic E-state index is 11.2. The van der Waals surface area contributed by atoms with Crippen LogP contribution >= 0.6 is 0 Å². The van der Waals surface area contributed by atoms with E-state index in [1.165, 1.54) is 12.3 Å². The molecule has 24 rings (SSSR count). The molecule has 0 saturated heterocycles. The maximum Gasteiger partial charge on any atom is 0.363 e. The van der Waals surface area contributed by atoms with E-state index in [1.54, 1.807) is 37.5 Å². The molecule has 4 atom stereocenters. The predicted molar refractivity (Wildman–Crippen MR) is 569 cm³/mol. The quantitative estimate of drug-likeness (QED) is 0.0374. The second-order valence-electron chi connectivity index (χ2n) is 36.1. The number of fused-ring (bicyclic) bond motifs is 4. The van der Waals surface area contributed by atoms with E-state index in [4.69, 9.17) is 58.0 Å². The molecule has 0 radical (unpaired) electrons. The summed E-state index contributed by atoms with van der Waals surface area (Å²) >= 11 is 0. The monoisotopic (exact) mass is 1940 g/mol. The number of aromatic nitrogens is 20. The van der Waals surface area contributed by atoms with Gasteiger partial charge in [0, 0.05) is 183 Å². The molecule has 0 aliphatic heterocycles. The van der Waals surface area contributed by atoms with Gasteiger partial charge in [-0.3, -0.25) is 44.6 Å². The minimum Gasteiger partial charge on any atom is -0.447 e. The Morgan fingerprint density at radius 2 is 0.622 bits per heavy atom. The average Bonchev–Trinajstić information content (AvgIpc) is 1.61. The van der Waals surface area contributed by atoms with Crippen molar-refractivity contribution in [3.05, 3.63) is 473 Å². The number of nitrogens with zero attached hydrogens (tertiary/aromatic N) is 22. The van der Waals surface area contributed by atoms with Crippen LogP contribution in [0.1, 0.15) is 121 Å². The first-order chi connectivity index (χ1) is 72.2. The lowest BCUT2D eigenvalue weighted by Gasteiger charge is -2.20. The molecular weight excluding hydrogens is 1850 g/mol. The topological polar surface area (TPSA) is 358 Å². The first kappa shape index (κ1) is 94.9. The van der Waals surface area contributed by atoms with Crippen molar-refractivity contribution in [2.24, 2.45) is 7.05 Å². The number of hydrogen-bond acceptors (Lipinski definition) is 23. The van der Waals surface area contributed by atoms with Crippen molar-refractivity contribution in [1.29, 1.82) is 5.26 Å². The lowest BCUT2D eigenvalue weighted by Crippen LogP contribution is -2.25. The summed E-state index contributed by atoms with van der Waals surface area (Å²) in [5.74, 6) is 2.80. The van der Waals surface area contributed by atoms with Crippen LogP contribution in [0.3, 0.4) is 0 Å². The van der Waals surface area contributed by atoms with Gasteiger partial charge in [-0.25, -0.2) is 4.98 Å². The van der Waals surface area contributed by atoms with Gasteiger partial charge < -0.3 is 51.5 Å².